The van der Waals surface area contributed by atoms with E-state index in [2.05, 4.69) is 4.98 Å². The molecule has 0 atom stereocenters. The number of aliphatic hydroxyl groups excluding tert-OH is 1. The summed E-state index contributed by atoms with van der Waals surface area (Å²) >= 11 is 0. The molecule has 1 rings (SSSR count). The van der Waals surface area contributed by atoms with Gasteiger partial charge in [0.25, 0.3) is 0 Å². The van der Waals surface area contributed by atoms with Gasteiger partial charge in [0.1, 0.15) is 0 Å². The minimum atomic E-state index is -0.0747. The van der Waals surface area contributed by atoms with E-state index in [0.717, 1.165) is 0 Å². The van der Waals surface area contributed by atoms with Crippen LogP contribution in [0.1, 0.15) is 19.4 Å². The summed E-state index contributed by atoms with van der Waals surface area (Å²) in [6, 6.07) is 3.47. The summed E-state index contributed by atoms with van der Waals surface area (Å²) in [5.74, 6) is 0.967. The molecule has 78 valence electrons. The first-order chi connectivity index (χ1) is 6.81. The summed E-state index contributed by atoms with van der Waals surface area (Å²) in [5, 5.41) is 9.01. The second-order valence-electron chi connectivity index (χ2n) is 2.64. The van der Waals surface area contributed by atoms with Gasteiger partial charge in [-0.2, -0.15) is 4.98 Å². The molecule has 0 bridgehead atoms. The number of aliphatic hydroxyl groups is 1. The molecule has 4 nitrogen and oxygen atoms in total. The maximum Gasteiger partial charge on any atom is 0.222 e. The number of ether oxygens (including phenoxy) is 2. The Bertz CT molecular complexity index is 289. The van der Waals surface area contributed by atoms with Crippen LogP contribution in [0, 0.1) is 0 Å². The molecule has 1 N–H and O–H groups in total. The number of rotatable bonds is 5. The number of hydrogen-bond donors (Lipinski definition) is 1. The van der Waals surface area contributed by atoms with Gasteiger partial charge in [-0.05, 0) is 19.9 Å². The van der Waals surface area contributed by atoms with E-state index in [4.69, 9.17) is 14.6 Å². The number of nitrogens with zero attached hydrogens (tertiary/aromatic N) is 1. The van der Waals surface area contributed by atoms with E-state index in [1.54, 1.807) is 12.1 Å². The molecule has 14 heavy (non-hydrogen) atoms. The van der Waals surface area contributed by atoms with Gasteiger partial charge in [-0.25, -0.2) is 0 Å². The minimum absolute atomic E-state index is 0.0747. The Morgan fingerprint density at radius 2 is 1.93 bits per heavy atom. The summed E-state index contributed by atoms with van der Waals surface area (Å²) in [5.41, 5.74) is 0.676. The predicted octanol–water partition coefficient (Wildman–Crippen LogP) is 1.37. The summed E-state index contributed by atoms with van der Waals surface area (Å²) in [6.45, 7) is 4.78. The number of pyridine rings is 1. The molecule has 0 saturated carbocycles. The fraction of sp³-hybridized carbons (Fsp3) is 0.500. The fourth-order valence-corrected chi connectivity index (χ4v) is 1.06. The van der Waals surface area contributed by atoms with E-state index in [1.165, 1.54) is 0 Å². The molecule has 1 aromatic rings. The molecule has 0 amide bonds. The second-order valence-corrected chi connectivity index (χ2v) is 2.64. The lowest BCUT2D eigenvalue weighted by Gasteiger charge is -2.09. The van der Waals surface area contributed by atoms with E-state index < -0.39 is 0 Å². The molecular formula is C10H15NO3. The average molecular weight is 197 g/mol. The third-order valence-corrected chi connectivity index (χ3v) is 1.66. The lowest BCUT2D eigenvalue weighted by molar-refractivity contribution is 0.258. The zero-order valence-corrected chi connectivity index (χ0v) is 8.49. The third-order valence-electron chi connectivity index (χ3n) is 1.66. The smallest absolute Gasteiger partial charge is 0.222 e. The van der Waals surface area contributed by atoms with E-state index in [-0.39, 0.29) is 6.61 Å². The molecule has 0 aliphatic carbocycles. The van der Waals surface area contributed by atoms with Crippen LogP contribution in [-0.4, -0.2) is 23.3 Å². The van der Waals surface area contributed by atoms with E-state index >= 15 is 0 Å². The van der Waals surface area contributed by atoms with E-state index in [1.807, 2.05) is 13.8 Å². The van der Waals surface area contributed by atoms with Crippen LogP contribution in [0.15, 0.2) is 12.1 Å². The van der Waals surface area contributed by atoms with Crippen LogP contribution in [0.25, 0.3) is 0 Å². The summed E-state index contributed by atoms with van der Waals surface area (Å²) in [6.07, 6.45) is 0. The number of aromatic nitrogens is 1. The minimum Gasteiger partial charge on any atom is -0.478 e. The number of hydrogen-bond acceptors (Lipinski definition) is 4. The molecular weight excluding hydrogens is 182 g/mol. The standard InChI is InChI=1S/C10H15NO3/c1-3-13-9-6-5-8(7-12)10(11-9)14-4-2/h5-6,12H,3-4,7H2,1-2H3. The Balaban J connectivity index is 2.88. The first-order valence-corrected chi connectivity index (χ1v) is 4.68. The molecule has 0 aliphatic rings. The van der Waals surface area contributed by atoms with Gasteiger partial charge in [0.15, 0.2) is 0 Å². The van der Waals surface area contributed by atoms with Gasteiger partial charge < -0.3 is 14.6 Å². The Kier molecular flexibility index (Phi) is 4.19. The summed E-state index contributed by atoms with van der Waals surface area (Å²) in [7, 11) is 0. The highest BCUT2D eigenvalue weighted by Crippen LogP contribution is 2.19. The topological polar surface area (TPSA) is 51.6 Å². The van der Waals surface area contributed by atoms with Gasteiger partial charge in [-0.3, -0.25) is 0 Å². The zero-order valence-electron chi connectivity index (χ0n) is 8.49. The van der Waals surface area contributed by atoms with Crippen LogP contribution in [-0.2, 0) is 6.61 Å². The van der Waals surface area contributed by atoms with Crippen molar-refractivity contribution in [1.82, 2.24) is 4.98 Å². The highest BCUT2D eigenvalue weighted by molar-refractivity contribution is 5.30. The summed E-state index contributed by atoms with van der Waals surface area (Å²) < 4.78 is 10.5. The van der Waals surface area contributed by atoms with Crippen molar-refractivity contribution in [3.63, 3.8) is 0 Å². The van der Waals surface area contributed by atoms with Gasteiger partial charge >= 0.3 is 0 Å². The molecule has 0 saturated heterocycles. The monoisotopic (exact) mass is 197 g/mol. The molecule has 0 aromatic carbocycles. The van der Waals surface area contributed by atoms with E-state index in [9.17, 15) is 0 Å². The Morgan fingerprint density at radius 3 is 2.50 bits per heavy atom. The molecule has 1 aromatic heterocycles. The Labute approximate surface area is 83.5 Å². The van der Waals surface area contributed by atoms with Crippen molar-refractivity contribution in [2.24, 2.45) is 0 Å². The van der Waals surface area contributed by atoms with Crippen molar-refractivity contribution in [3.8, 4) is 11.8 Å². The second kappa shape index (κ2) is 5.44. The van der Waals surface area contributed by atoms with E-state index in [0.29, 0.717) is 30.5 Å². The van der Waals surface area contributed by atoms with Crippen LogP contribution in [0.2, 0.25) is 0 Å². The van der Waals surface area contributed by atoms with Gasteiger partial charge in [0, 0.05) is 11.6 Å². The molecule has 1 heterocycles. The predicted molar refractivity (Wildman–Crippen MR) is 52.5 cm³/mol. The van der Waals surface area contributed by atoms with Crippen LogP contribution < -0.4 is 9.47 Å². The third kappa shape index (κ3) is 2.60. The average Bonchev–Trinajstić information content (AvgIpc) is 2.19. The highest BCUT2D eigenvalue weighted by Gasteiger charge is 2.05. The Morgan fingerprint density at radius 1 is 1.21 bits per heavy atom. The molecule has 0 fully saturated rings. The largest absolute Gasteiger partial charge is 0.478 e. The van der Waals surface area contributed by atoms with Gasteiger partial charge in [0.2, 0.25) is 11.8 Å². The molecule has 0 aliphatic heterocycles. The van der Waals surface area contributed by atoms with Crippen LogP contribution in [0.5, 0.6) is 11.8 Å². The van der Waals surface area contributed by atoms with Crippen molar-refractivity contribution in [2.45, 2.75) is 20.5 Å². The highest BCUT2D eigenvalue weighted by atomic mass is 16.5. The lowest BCUT2D eigenvalue weighted by Crippen LogP contribution is -2.02. The normalized spacial score (nSPS) is 9.93. The van der Waals surface area contributed by atoms with Crippen molar-refractivity contribution < 1.29 is 14.6 Å². The molecule has 4 heteroatoms. The first kappa shape index (κ1) is 10.8. The lowest BCUT2D eigenvalue weighted by atomic mass is 10.3. The Hall–Kier alpha value is -1.29. The molecule has 0 unspecified atom stereocenters. The SMILES string of the molecule is CCOc1ccc(CO)c(OCC)n1. The van der Waals surface area contributed by atoms with Gasteiger partial charge in [-0.15, -0.1) is 0 Å². The van der Waals surface area contributed by atoms with Crippen molar-refractivity contribution >= 4 is 0 Å². The van der Waals surface area contributed by atoms with Crippen molar-refractivity contribution in [3.05, 3.63) is 17.7 Å². The molecule has 0 radical (unpaired) electrons. The quantitative estimate of drug-likeness (QED) is 0.774. The summed E-state index contributed by atoms with van der Waals surface area (Å²) in [4.78, 5) is 4.12. The van der Waals surface area contributed by atoms with Crippen LogP contribution in [0.4, 0.5) is 0 Å². The zero-order chi connectivity index (χ0) is 10.4. The molecule has 0 spiro atoms. The fourth-order valence-electron chi connectivity index (χ4n) is 1.06. The first-order valence-electron chi connectivity index (χ1n) is 4.68. The maximum atomic E-state index is 9.01. The van der Waals surface area contributed by atoms with Crippen LogP contribution in [0.3, 0.4) is 0 Å². The maximum absolute atomic E-state index is 9.01. The van der Waals surface area contributed by atoms with Gasteiger partial charge in [-0.1, -0.05) is 0 Å². The van der Waals surface area contributed by atoms with Crippen LogP contribution >= 0.6 is 0 Å². The van der Waals surface area contributed by atoms with Gasteiger partial charge in [0.05, 0.1) is 19.8 Å². The van der Waals surface area contributed by atoms with Crippen molar-refractivity contribution in [1.29, 1.82) is 0 Å². The van der Waals surface area contributed by atoms with Crippen molar-refractivity contribution in [2.75, 3.05) is 13.2 Å².